The third kappa shape index (κ3) is 3.41. The number of hydrogen-bond donors (Lipinski definition) is 3. The molecule has 1 aromatic rings. The summed E-state index contributed by atoms with van der Waals surface area (Å²) in [7, 11) is 0. The van der Waals surface area contributed by atoms with E-state index in [-0.39, 0.29) is 11.4 Å². The van der Waals surface area contributed by atoms with Crippen LogP contribution in [0.1, 0.15) is 12.5 Å². The van der Waals surface area contributed by atoms with E-state index in [1.54, 1.807) is 0 Å². The third-order valence-corrected chi connectivity index (χ3v) is 2.34. The van der Waals surface area contributed by atoms with Crippen LogP contribution in [0.2, 0.25) is 0 Å². The molecule has 1 amide bonds. The molecule has 18 heavy (non-hydrogen) atoms. The molecule has 0 heterocycles. The monoisotopic (exact) mass is 257 g/mol. The molecule has 1 rings (SSSR count). The van der Waals surface area contributed by atoms with E-state index < -0.39 is 30.0 Å². The maximum atomic E-state index is 13.3. The molecule has 0 radical (unpaired) electrons. The van der Waals surface area contributed by atoms with Gasteiger partial charge in [-0.2, -0.15) is 0 Å². The highest BCUT2D eigenvalue weighted by atomic mass is 19.1. The Kier molecular flexibility index (Phi) is 4.59. The van der Waals surface area contributed by atoms with E-state index >= 15 is 0 Å². The SMILES string of the molecule is CC(NC(=O)Cc1c(F)cccc1F)C(N)=NO. The summed E-state index contributed by atoms with van der Waals surface area (Å²) in [6, 6.07) is 2.62. The Labute approximate surface area is 102 Å². The molecule has 0 aromatic heterocycles. The highest BCUT2D eigenvalue weighted by molar-refractivity contribution is 5.90. The number of nitrogens with one attached hydrogen (secondary N) is 1. The highest BCUT2D eigenvalue weighted by Crippen LogP contribution is 2.12. The molecule has 0 spiro atoms. The van der Waals surface area contributed by atoms with Gasteiger partial charge in [0.25, 0.3) is 0 Å². The van der Waals surface area contributed by atoms with Gasteiger partial charge >= 0.3 is 0 Å². The second kappa shape index (κ2) is 5.95. The molecule has 0 bridgehead atoms. The van der Waals surface area contributed by atoms with Gasteiger partial charge in [-0.3, -0.25) is 4.79 Å². The van der Waals surface area contributed by atoms with E-state index in [0.717, 1.165) is 12.1 Å². The standard InChI is InChI=1S/C11H13F2N3O2/c1-6(11(14)16-18)15-10(17)5-7-8(12)3-2-4-9(7)13/h2-4,6,18H,5H2,1H3,(H2,14,16)(H,15,17). The zero-order valence-electron chi connectivity index (χ0n) is 9.65. The summed E-state index contributed by atoms with van der Waals surface area (Å²) >= 11 is 0. The molecule has 0 fully saturated rings. The van der Waals surface area contributed by atoms with Gasteiger partial charge in [-0.25, -0.2) is 8.78 Å². The van der Waals surface area contributed by atoms with Gasteiger partial charge in [0.1, 0.15) is 11.6 Å². The lowest BCUT2D eigenvalue weighted by molar-refractivity contribution is -0.120. The van der Waals surface area contributed by atoms with Gasteiger partial charge in [-0.05, 0) is 19.1 Å². The number of nitrogens with two attached hydrogens (primary N) is 1. The zero-order valence-corrected chi connectivity index (χ0v) is 9.65. The Bertz CT molecular complexity index is 457. The summed E-state index contributed by atoms with van der Waals surface area (Å²) in [5.41, 5.74) is 4.94. The van der Waals surface area contributed by atoms with Gasteiger partial charge in [0.05, 0.1) is 12.5 Å². The predicted molar refractivity (Wildman–Crippen MR) is 61.1 cm³/mol. The molecule has 7 heteroatoms. The minimum absolute atomic E-state index is 0.197. The Morgan fingerprint density at radius 3 is 2.56 bits per heavy atom. The molecule has 0 saturated carbocycles. The molecule has 1 unspecified atom stereocenters. The van der Waals surface area contributed by atoms with Gasteiger partial charge in [0.15, 0.2) is 5.84 Å². The molecule has 98 valence electrons. The second-order valence-electron chi connectivity index (χ2n) is 3.69. The van der Waals surface area contributed by atoms with E-state index in [9.17, 15) is 13.6 Å². The summed E-state index contributed by atoms with van der Waals surface area (Å²) in [6.45, 7) is 1.48. The Morgan fingerprint density at radius 2 is 2.06 bits per heavy atom. The molecular formula is C11H13F2N3O2. The lowest BCUT2D eigenvalue weighted by Crippen LogP contribution is -2.43. The molecule has 5 nitrogen and oxygen atoms in total. The first kappa shape index (κ1) is 13.9. The van der Waals surface area contributed by atoms with Crippen LogP contribution < -0.4 is 11.1 Å². The molecule has 0 saturated heterocycles. The number of nitrogens with zero attached hydrogens (tertiary/aromatic N) is 1. The minimum Gasteiger partial charge on any atom is -0.409 e. The van der Waals surface area contributed by atoms with Crippen molar-refractivity contribution in [3.63, 3.8) is 0 Å². The van der Waals surface area contributed by atoms with Gasteiger partial charge in [0.2, 0.25) is 5.91 Å². The molecule has 1 atom stereocenters. The van der Waals surface area contributed by atoms with Crippen LogP contribution >= 0.6 is 0 Å². The summed E-state index contributed by atoms with van der Waals surface area (Å²) in [6.07, 6.45) is -0.457. The summed E-state index contributed by atoms with van der Waals surface area (Å²) < 4.78 is 26.5. The van der Waals surface area contributed by atoms with Gasteiger partial charge in [0, 0.05) is 5.56 Å². The molecule has 0 aliphatic rings. The van der Waals surface area contributed by atoms with Gasteiger partial charge < -0.3 is 16.3 Å². The van der Waals surface area contributed by atoms with Crippen LogP contribution in [0.3, 0.4) is 0 Å². The van der Waals surface area contributed by atoms with Crippen LogP contribution in [-0.4, -0.2) is 23.0 Å². The molecule has 0 aliphatic heterocycles. The van der Waals surface area contributed by atoms with Crippen LogP contribution in [-0.2, 0) is 11.2 Å². The van der Waals surface area contributed by atoms with E-state index in [1.165, 1.54) is 13.0 Å². The van der Waals surface area contributed by atoms with Crippen LogP contribution in [0.4, 0.5) is 8.78 Å². The first-order valence-electron chi connectivity index (χ1n) is 5.15. The number of amides is 1. The fourth-order valence-corrected chi connectivity index (χ4v) is 1.31. The van der Waals surface area contributed by atoms with Crippen molar-refractivity contribution in [3.05, 3.63) is 35.4 Å². The first-order chi connectivity index (χ1) is 8.45. The van der Waals surface area contributed by atoms with Crippen molar-refractivity contribution in [2.75, 3.05) is 0 Å². The average molecular weight is 257 g/mol. The number of oxime groups is 1. The van der Waals surface area contributed by atoms with Crippen LogP contribution in [0.15, 0.2) is 23.4 Å². The van der Waals surface area contributed by atoms with Crippen molar-refractivity contribution in [2.24, 2.45) is 10.9 Å². The molecule has 0 aliphatic carbocycles. The van der Waals surface area contributed by atoms with Crippen LogP contribution in [0.25, 0.3) is 0 Å². The fraction of sp³-hybridized carbons (Fsp3) is 0.273. The largest absolute Gasteiger partial charge is 0.409 e. The van der Waals surface area contributed by atoms with Crippen molar-refractivity contribution in [1.82, 2.24) is 5.32 Å². The van der Waals surface area contributed by atoms with Crippen molar-refractivity contribution in [2.45, 2.75) is 19.4 Å². The second-order valence-corrected chi connectivity index (χ2v) is 3.69. The number of halogens is 2. The smallest absolute Gasteiger partial charge is 0.225 e. The van der Waals surface area contributed by atoms with Gasteiger partial charge in [-0.15, -0.1) is 0 Å². The van der Waals surface area contributed by atoms with E-state index in [1.807, 2.05) is 0 Å². The van der Waals surface area contributed by atoms with E-state index in [4.69, 9.17) is 10.9 Å². The first-order valence-corrected chi connectivity index (χ1v) is 5.15. The quantitative estimate of drug-likeness (QED) is 0.322. The van der Waals surface area contributed by atoms with E-state index in [2.05, 4.69) is 10.5 Å². The zero-order chi connectivity index (χ0) is 13.7. The summed E-state index contributed by atoms with van der Waals surface area (Å²) in [5, 5.41) is 13.4. The number of rotatable bonds is 4. The number of carbonyl (C=O) groups excluding carboxylic acids is 1. The Morgan fingerprint density at radius 1 is 1.50 bits per heavy atom. The predicted octanol–water partition coefficient (Wildman–Crippen LogP) is 0.758. The minimum atomic E-state index is -0.790. The number of amidine groups is 1. The van der Waals surface area contributed by atoms with Crippen molar-refractivity contribution in [1.29, 1.82) is 0 Å². The number of hydrogen-bond acceptors (Lipinski definition) is 3. The molecular weight excluding hydrogens is 244 g/mol. The Hall–Kier alpha value is -2.18. The maximum absolute atomic E-state index is 13.3. The Balaban J connectivity index is 2.71. The topological polar surface area (TPSA) is 87.7 Å². The van der Waals surface area contributed by atoms with Crippen LogP contribution in [0.5, 0.6) is 0 Å². The van der Waals surface area contributed by atoms with Crippen molar-refractivity contribution >= 4 is 11.7 Å². The number of benzene rings is 1. The third-order valence-electron chi connectivity index (χ3n) is 2.34. The molecule has 1 aromatic carbocycles. The summed E-state index contributed by atoms with van der Waals surface area (Å²) in [5.74, 6) is -2.40. The lowest BCUT2D eigenvalue weighted by Gasteiger charge is -2.12. The van der Waals surface area contributed by atoms with E-state index in [0.29, 0.717) is 0 Å². The highest BCUT2D eigenvalue weighted by Gasteiger charge is 2.16. The van der Waals surface area contributed by atoms with Gasteiger partial charge in [-0.1, -0.05) is 11.2 Å². The normalized spacial score (nSPS) is 13.2. The summed E-state index contributed by atoms with van der Waals surface area (Å²) in [4.78, 5) is 11.5. The maximum Gasteiger partial charge on any atom is 0.225 e. The fourth-order valence-electron chi connectivity index (χ4n) is 1.31. The van der Waals surface area contributed by atoms with Crippen LogP contribution in [0, 0.1) is 11.6 Å². The number of carbonyl (C=O) groups is 1. The lowest BCUT2D eigenvalue weighted by atomic mass is 10.1. The molecule has 4 N–H and O–H groups in total. The average Bonchev–Trinajstić information content (AvgIpc) is 2.32. The van der Waals surface area contributed by atoms with Crippen molar-refractivity contribution in [3.8, 4) is 0 Å². The van der Waals surface area contributed by atoms with Crippen molar-refractivity contribution < 1.29 is 18.8 Å².